The standard InChI is InChI=1S/C5H8NO2P/c1-9(4-7)6-3-2-5(6)8/h9H,2-3H2,1H3. The first-order chi connectivity index (χ1) is 4.25. The number of carbonyl (C=O) groups excluding carboxylic acids is 2. The first-order valence-corrected chi connectivity index (χ1v) is 4.72. The molecule has 1 fully saturated rings. The lowest BCUT2D eigenvalue weighted by Gasteiger charge is -2.29. The highest BCUT2D eigenvalue weighted by atomic mass is 31.1. The van der Waals surface area contributed by atoms with Crippen molar-refractivity contribution in [2.75, 3.05) is 13.2 Å². The molecule has 0 aliphatic carbocycles. The molecule has 50 valence electrons. The molecule has 0 saturated carbocycles. The van der Waals surface area contributed by atoms with Gasteiger partial charge < -0.3 is 4.67 Å². The molecule has 3 nitrogen and oxygen atoms in total. The van der Waals surface area contributed by atoms with Crippen molar-refractivity contribution in [3.63, 3.8) is 0 Å². The summed E-state index contributed by atoms with van der Waals surface area (Å²) in [6.07, 6.45) is 0.615. The minimum absolute atomic E-state index is 0.106. The van der Waals surface area contributed by atoms with E-state index < -0.39 is 7.70 Å². The fourth-order valence-corrected chi connectivity index (χ4v) is 1.77. The Hall–Kier alpha value is -0.520. The normalized spacial score (nSPS) is 20.6. The molecule has 1 aliphatic heterocycles. The second kappa shape index (κ2) is 2.38. The fourth-order valence-electron chi connectivity index (χ4n) is 0.725. The van der Waals surface area contributed by atoms with Crippen LogP contribution in [0.2, 0.25) is 0 Å². The quantitative estimate of drug-likeness (QED) is 0.386. The Bertz CT molecular complexity index is 195. The molecule has 1 amide bonds. The van der Waals surface area contributed by atoms with E-state index in [4.69, 9.17) is 0 Å². The summed E-state index contributed by atoms with van der Waals surface area (Å²) in [5.74, 6) is 0.106. The smallest absolute Gasteiger partial charge is 0.227 e. The van der Waals surface area contributed by atoms with Crippen LogP contribution in [-0.2, 0) is 9.59 Å². The lowest BCUT2D eigenvalue weighted by atomic mass is 10.3. The molecule has 1 atom stereocenters. The Kier molecular flexibility index (Phi) is 1.75. The van der Waals surface area contributed by atoms with E-state index in [1.54, 1.807) is 11.3 Å². The second-order valence-corrected chi connectivity index (χ2v) is 3.90. The summed E-state index contributed by atoms with van der Waals surface area (Å²) in [5, 5.41) is 0. The van der Waals surface area contributed by atoms with Crippen LogP contribution in [0.15, 0.2) is 0 Å². The molecule has 0 aromatic heterocycles. The average molecular weight is 145 g/mol. The van der Waals surface area contributed by atoms with Crippen molar-refractivity contribution >= 4 is 19.3 Å². The van der Waals surface area contributed by atoms with Crippen molar-refractivity contribution in [1.29, 1.82) is 0 Å². The van der Waals surface area contributed by atoms with Crippen LogP contribution in [-0.4, -0.2) is 29.4 Å². The van der Waals surface area contributed by atoms with Crippen LogP contribution in [0.1, 0.15) is 6.42 Å². The summed E-state index contributed by atoms with van der Waals surface area (Å²) in [5.41, 5.74) is 1.85. The van der Waals surface area contributed by atoms with Gasteiger partial charge in [0.15, 0.2) is 0 Å². The number of hydrogen-bond donors (Lipinski definition) is 0. The van der Waals surface area contributed by atoms with Crippen LogP contribution in [0.3, 0.4) is 0 Å². The predicted octanol–water partition coefficient (Wildman–Crippen LogP) is 0.0449. The number of carbonyl (C=O) groups is 1. The molecule has 0 aromatic carbocycles. The van der Waals surface area contributed by atoms with Gasteiger partial charge in [0.05, 0.1) is 0 Å². The molecule has 0 bridgehead atoms. The van der Waals surface area contributed by atoms with Crippen LogP contribution < -0.4 is 0 Å². The van der Waals surface area contributed by atoms with Crippen molar-refractivity contribution in [3.05, 3.63) is 0 Å². The topological polar surface area (TPSA) is 37.4 Å². The molecule has 1 heterocycles. The maximum Gasteiger partial charge on any atom is 0.227 e. The van der Waals surface area contributed by atoms with E-state index in [9.17, 15) is 9.59 Å². The minimum Gasteiger partial charge on any atom is -0.316 e. The first kappa shape index (κ1) is 6.60. The van der Waals surface area contributed by atoms with Gasteiger partial charge in [-0.3, -0.25) is 4.79 Å². The summed E-state index contributed by atoms with van der Waals surface area (Å²) in [6.45, 7) is 2.54. The number of nitrogens with zero attached hydrogens (tertiary/aromatic N) is 1. The summed E-state index contributed by atoms with van der Waals surface area (Å²) >= 11 is 0. The van der Waals surface area contributed by atoms with Gasteiger partial charge in [-0.25, -0.2) is 4.79 Å². The number of hydrogen-bond acceptors (Lipinski definition) is 2. The summed E-state index contributed by atoms with van der Waals surface area (Å²) in [4.78, 5) is 20.6. The zero-order valence-corrected chi connectivity index (χ0v) is 6.18. The Labute approximate surface area is 54.1 Å². The van der Waals surface area contributed by atoms with E-state index in [0.29, 0.717) is 6.42 Å². The highest BCUT2D eigenvalue weighted by molar-refractivity contribution is 7.53. The minimum atomic E-state index is -1.24. The van der Waals surface area contributed by atoms with Crippen molar-refractivity contribution in [1.82, 2.24) is 4.67 Å². The van der Waals surface area contributed by atoms with Crippen molar-refractivity contribution in [2.45, 2.75) is 6.42 Å². The van der Waals surface area contributed by atoms with E-state index in [1.807, 2.05) is 5.66 Å². The van der Waals surface area contributed by atoms with E-state index in [-0.39, 0.29) is 5.91 Å². The van der Waals surface area contributed by atoms with Gasteiger partial charge >= 0.3 is 0 Å². The van der Waals surface area contributed by atoms with Gasteiger partial charge in [-0.2, -0.15) is 0 Å². The number of amides is 1. The van der Waals surface area contributed by atoms with Gasteiger partial charge in [0, 0.05) is 20.7 Å². The van der Waals surface area contributed by atoms with Crippen LogP contribution in [0.25, 0.3) is 0 Å². The largest absolute Gasteiger partial charge is 0.316 e. The number of rotatable bonds is 1. The van der Waals surface area contributed by atoms with E-state index in [2.05, 4.69) is 0 Å². The fraction of sp³-hybridized carbons (Fsp3) is 0.600. The van der Waals surface area contributed by atoms with Gasteiger partial charge in [-0.05, 0) is 6.66 Å². The van der Waals surface area contributed by atoms with Crippen molar-refractivity contribution in [3.8, 4) is 0 Å². The lowest BCUT2D eigenvalue weighted by Crippen LogP contribution is -2.37. The van der Waals surface area contributed by atoms with Crippen LogP contribution in [0, 0.1) is 0 Å². The van der Waals surface area contributed by atoms with E-state index >= 15 is 0 Å². The third-order valence-electron chi connectivity index (χ3n) is 1.40. The molecule has 4 heteroatoms. The monoisotopic (exact) mass is 145 g/mol. The molecule has 0 radical (unpaired) electrons. The molecule has 1 unspecified atom stereocenters. The highest BCUT2D eigenvalue weighted by Crippen LogP contribution is 2.28. The first-order valence-electron chi connectivity index (χ1n) is 2.78. The van der Waals surface area contributed by atoms with Crippen molar-refractivity contribution in [2.24, 2.45) is 0 Å². The zero-order chi connectivity index (χ0) is 6.85. The van der Waals surface area contributed by atoms with Gasteiger partial charge in [0.2, 0.25) is 5.91 Å². The number of β-lactam (4-membered cyclic amide) rings is 1. The Balaban J connectivity index is 2.64. The molecule has 0 spiro atoms. The summed E-state index contributed by atoms with van der Waals surface area (Å²) in [6, 6.07) is 0. The maximum atomic E-state index is 10.6. The van der Waals surface area contributed by atoms with E-state index in [1.165, 1.54) is 0 Å². The average Bonchev–Trinajstić information content (AvgIpc) is 1.84. The molecule has 1 saturated heterocycles. The van der Waals surface area contributed by atoms with Gasteiger partial charge in [0.1, 0.15) is 5.66 Å². The highest BCUT2D eigenvalue weighted by Gasteiger charge is 2.24. The van der Waals surface area contributed by atoms with Crippen LogP contribution in [0.5, 0.6) is 0 Å². The molecule has 1 rings (SSSR count). The van der Waals surface area contributed by atoms with Crippen LogP contribution >= 0.6 is 7.70 Å². The molecular formula is C5H8NO2P. The zero-order valence-electron chi connectivity index (χ0n) is 5.18. The van der Waals surface area contributed by atoms with Gasteiger partial charge in [-0.1, -0.05) is 0 Å². The van der Waals surface area contributed by atoms with Crippen LogP contribution in [0.4, 0.5) is 0 Å². The predicted molar refractivity (Wildman–Crippen MR) is 36.3 cm³/mol. The summed E-state index contributed by atoms with van der Waals surface area (Å²) in [7, 11) is -1.24. The maximum absolute atomic E-state index is 10.6. The third-order valence-corrected chi connectivity index (χ3v) is 2.98. The molecule has 0 N–H and O–H groups in total. The molecular weight excluding hydrogens is 137 g/mol. The van der Waals surface area contributed by atoms with E-state index in [0.717, 1.165) is 6.54 Å². The SMILES string of the molecule is C[PH](=C=O)N1CCC1=O. The van der Waals surface area contributed by atoms with Gasteiger partial charge in [0.25, 0.3) is 0 Å². The third kappa shape index (κ3) is 1.07. The lowest BCUT2D eigenvalue weighted by molar-refractivity contribution is -0.132. The molecule has 1 aliphatic rings. The van der Waals surface area contributed by atoms with Crippen molar-refractivity contribution < 1.29 is 9.59 Å². The summed E-state index contributed by atoms with van der Waals surface area (Å²) < 4.78 is 1.61. The molecule has 9 heavy (non-hydrogen) atoms. The Morgan fingerprint density at radius 2 is 2.44 bits per heavy atom. The molecule has 0 aromatic rings. The Morgan fingerprint density at radius 1 is 1.78 bits per heavy atom. The van der Waals surface area contributed by atoms with Gasteiger partial charge in [-0.15, -0.1) is 0 Å². The second-order valence-electron chi connectivity index (χ2n) is 1.98. The Morgan fingerprint density at radius 3 is 2.56 bits per heavy atom.